The second kappa shape index (κ2) is 5.59. The van der Waals surface area contributed by atoms with Gasteiger partial charge in [0.1, 0.15) is 5.82 Å². The van der Waals surface area contributed by atoms with Crippen molar-refractivity contribution < 1.29 is 27.5 Å². The summed E-state index contributed by atoms with van der Waals surface area (Å²) >= 11 is 0. The third-order valence-corrected chi connectivity index (χ3v) is 3.73. The fourth-order valence-electron chi connectivity index (χ4n) is 2.33. The van der Waals surface area contributed by atoms with Gasteiger partial charge in [0, 0.05) is 23.9 Å². The normalized spacial score (nSPS) is 20.8. The summed E-state index contributed by atoms with van der Waals surface area (Å²) < 4.78 is 54.1. The molecule has 5 nitrogen and oxygen atoms in total. The fourth-order valence-corrected chi connectivity index (χ4v) is 2.33. The van der Waals surface area contributed by atoms with E-state index in [0.717, 1.165) is 0 Å². The van der Waals surface area contributed by atoms with E-state index < -0.39 is 24.2 Å². The smallest absolute Gasteiger partial charge is 0.350 e. The summed E-state index contributed by atoms with van der Waals surface area (Å²) in [5.74, 6) is -4.18. The number of aromatic nitrogens is 2. The Balaban J connectivity index is 1.86. The minimum Gasteiger partial charge on any atom is -0.350 e. The molecule has 2 heterocycles. The number of rotatable bonds is 3. The Labute approximate surface area is 134 Å². The maximum Gasteiger partial charge on any atom is 0.458 e. The van der Waals surface area contributed by atoms with Gasteiger partial charge in [0.05, 0.1) is 18.3 Å². The van der Waals surface area contributed by atoms with E-state index in [1.54, 1.807) is 23.1 Å². The molecule has 0 spiro atoms. The van der Waals surface area contributed by atoms with Gasteiger partial charge >= 0.3 is 12.0 Å². The van der Waals surface area contributed by atoms with Gasteiger partial charge < -0.3 is 9.94 Å². The van der Waals surface area contributed by atoms with Crippen molar-refractivity contribution in [2.75, 3.05) is 0 Å². The number of aryl methyl sites for hydroxylation is 1. The van der Waals surface area contributed by atoms with Crippen LogP contribution in [0.2, 0.25) is 0 Å². The van der Waals surface area contributed by atoms with Crippen molar-refractivity contribution in [3.63, 3.8) is 0 Å². The number of halogens is 4. The van der Waals surface area contributed by atoms with E-state index in [4.69, 9.17) is 0 Å². The van der Waals surface area contributed by atoms with E-state index in [9.17, 15) is 22.7 Å². The summed E-state index contributed by atoms with van der Waals surface area (Å²) in [5.41, 5.74) is 0.755. The molecule has 0 aliphatic carbocycles. The molecule has 1 unspecified atom stereocenters. The minimum atomic E-state index is -5.02. The van der Waals surface area contributed by atoms with Crippen LogP contribution in [0, 0.1) is 5.82 Å². The maximum atomic E-state index is 14.3. The third-order valence-electron chi connectivity index (χ3n) is 3.73. The van der Waals surface area contributed by atoms with Crippen molar-refractivity contribution in [1.29, 1.82) is 0 Å². The first-order valence-electron chi connectivity index (χ1n) is 7.10. The molecule has 0 fully saturated rings. The molecule has 0 saturated carbocycles. The van der Waals surface area contributed by atoms with Crippen LogP contribution >= 0.6 is 0 Å². The lowest BCUT2D eigenvalue weighted by molar-refractivity contribution is -0.355. The second-order valence-corrected chi connectivity index (χ2v) is 5.37. The molecule has 1 N–H and O–H groups in total. The minimum absolute atomic E-state index is 0.151. The van der Waals surface area contributed by atoms with Gasteiger partial charge in [-0.15, -0.1) is 0 Å². The zero-order chi connectivity index (χ0) is 17.5. The van der Waals surface area contributed by atoms with Crippen molar-refractivity contribution in [2.45, 2.75) is 31.9 Å². The van der Waals surface area contributed by atoms with Gasteiger partial charge in [-0.05, 0) is 24.6 Å². The topological polar surface area (TPSA) is 59.6 Å². The summed E-state index contributed by atoms with van der Waals surface area (Å²) in [5, 5.41) is 16.7. The van der Waals surface area contributed by atoms with Crippen LogP contribution in [0.25, 0.3) is 11.1 Å². The third kappa shape index (κ3) is 2.75. The maximum absolute atomic E-state index is 14.3. The van der Waals surface area contributed by atoms with Gasteiger partial charge in [-0.3, -0.25) is 4.68 Å². The van der Waals surface area contributed by atoms with Crippen molar-refractivity contribution in [1.82, 2.24) is 9.78 Å². The lowest BCUT2D eigenvalue weighted by atomic mass is 9.99. The van der Waals surface area contributed by atoms with Gasteiger partial charge in [-0.2, -0.15) is 18.3 Å². The molecular formula is C15H13F4N3O2. The average molecular weight is 343 g/mol. The van der Waals surface area contributed by atoms with Gasteiger partial charge in [0.25, 0.3) is 0 Å². The van der Waals surface area contributed by atoms with Crippen LogP contribution in [0.3, 0.4) is 0 Å². The SMILES string of the molecule is CCn1cc(-c2ccc(C3=NOC(O)(C(F)(F)F)C3)c(F)c2)cn1. The highest BCUT2D eigenvalue weighted by Crippen LogP contribution is 2.39. The van der Waals surface area contributed by atoms with Crippen LogP contribution in [-0.2, 0) is 11.4 Å². The summed E-state index contributed by atoms with van der Waals surface area (Å²) in [4.78, 5) is 4.10. The number of hydrogen-bond donors (Lipinski definition) is 1. The van der Waals surface area contributed by atoms with E-state index in [2.05, 4.69) is 15.1 Å². The van der Waals surface area contributed by atoms with Crippen molar-refractivity contribution >= 4 is 5.71 Å². The Morgan fingerprint density at radius 3 is 2.62 bits per heavy atom. The molecule has 1 aliphatic rings. The first-order valence-corrected chi connectivity index (χ1v) is 7.10. The number of aliphatic hydroxyl groups is 1. The number of benzene rings is 1. The largest absolute Gasteiger partial charge is 0.458 e. The number of alkyl halides is 3. The molecule has 1 aliphatic heterocycles. The molecule has 0 saturated heterocycles. The molecular weight excluding hydrogens is 330 g/mol. The Hall–Kier alpha value is -2.42. The van der Waals surface area contributed by atoms with Gasteiger partial charge in [0.15, 0.2) is 0 Å². The van der Waals surface area contributed by atoms with E-state index in [0.29, 0.717) is 17.7 Å². The molecule has 1 aromatic carbocycles. The molecule has 9 heteroatoms. The average Bonchev–Trinajstić information content (AvgIpc) is 3.14. The molecule has 1 atom stereocenters. The van der Waals surface area contributed by atoms with Crippen molar-refractivity contribution in [3.05, 3.63) is 42.0 Å². The van der Waals surface area contributed by atoms with Crippen LogP contribution < -0.4 is 0 Å². The molecule has 1 aromatic heterocycles. The second-order valence-electron chi connectivity index (χ2n) is 5.37. The quantitative estimate of drug-likeness (QED) is 0.872. The molecule has 0 amide bonds. The summed E-state index contributed by atoms with van der Waals surface area (Å²) in [7, 11) is 0. The summed E-state index contributed by atoms with van der Waals surface area (Å²) in [6, 6.07) is 4.03. The Kier molecular flexibility index (Phi) is 3.83. The first kappa shape index (κ1) is 16.4. The molecule has 0 radical (unpaired) electrons. The highest BCUT2D eigenvalue weighted by atomic mass is 19.4. The predicted octanol–water partition coefficient (Wildman–Crippen LogP) is 3.08. The lowest BCUT2D eigenvalue weighted by Gasteiger charge is -2.22. The predicted molar refractivity (Wildman–Crippen MR) is 76.5 cm³/mol. The van der Waals surface area contributed by atoms with Gasteiger partial charge in [-0.25, -0.2) is 4.39 Å². The van der Waals surface area contributed by atoms with Gasteiger partial charge in [0.2, 0.25) is 0 Å². The molecule has 0 bridgehead atoms. The Morgan fingerprint density at radius 2 is 2.08 bits per heavy atom. The van der Waals surface area contributed by atoms with Crippen LogP contribution in [0.4, 0.5) is 17.6 Å². The number of hydrogen-bond acceptors (Lipinski definition) is 4. The number of oxime groups is 1. The summed E-state index contributed by atoms with van der Waals surface area (Å²) in [6.07, 6.45) is -2.70. The van der Waals surface area contributed by atoms with Crippen LogP contribution in [0.5, 0.6) is 0 Å². The molecule has 2 aromatic rings. The highest BCUT2D eigenvalue weighted by molar-refractivity contribution is 6.02. The van der Waals surface area contributed by atoms with Crippen molar-refractivity contribution in [3.8, 4) is 11.1 Å². The van der Waals surface area contributed by atoms with E-state index in [1.807, 2.05) is 6.92 Å². The Bertz CT molecular complexity index is 800. The zero-order valence-electron chi connectivity index (χ0n) is 12.5. The molecule has 3 rings (SSSR count). The van der Waals surface area contributed by atoms with Crippen molar-refractivity contribution in [2.24, 2.45) is 5.16 Å². The van der Waals surface area contributed by atoms with E-state index in [1.165, 1.54) is 12.1 Å². The lowest BCUT2D eigenvalue weighted by Crippen LogP contribution is -2.45. The monoisotopic (exact) mass is 343 g/mol. The van der Waals surface area contributed by atoms with E-state index in [-0.39, 0.29) is 11.3 Å². The summed E-state index contributed by atoms with van der Waals surface area (Å²) in [6.45, 7) is 2.56. The zero-order valence-corrected chi connectivity index (χ0v) is 12.5. The van der Waals surface area contributed by atoms with E-state index >= 15 is 0 Å². The van der Waals surface area contributed by atoms with Crippen LogP contribution in [0.1, 0.15) is 18.9 Å². The standard InChI is InChI=1S/C15H13F4N3O2/c1-2-22-8-10(7-20-22)9-3-4-11(12(16)5-9)13-6-14(23,24-21-13)15(17,18)19/h3-5,7-8,23H,2,6H2,1H3. The van der Waals surface area contributed by atoms with Crippen LogP contribution in [-0.4, -0.2) is 32.6 Å². The van der Waals surface area contributed by atoms with Crippen LogP contribution in [0.15, 0.2) is 35.7 Å². The Morgan fingerprint density at radius 1 is 1.33 bits per heavy atom. The first-order chi connectivity index (χ1) is 11.2. The highest BCUT2D eigenvalue weighted by Gasteiger charge is 2.60. The number of nitrogens with zero attached hydrogens (tertiary/aromatic N) is 3. The molecule has 128 valence electrons. The molecule has 24 heavy (non-hydrogen) atoms. The fraction of sp³-hybridized carbons (Fsp3) is 0.333. The van der Waals surface area contributed by atoms with Gasteiger partial charge in [-0.1, -0.05) is 11.2 Å².